The Morgan fingerprint density at radius 2 is 1.91 bits per heavy atom. The van der Waals surface area contributed by atoms with Crippen LogP contribution in [0.1, 0.15) is 40.0 Å². The van der Waals surface area contributed by atoms with Crippen LogP contribution in [0, 0.1) is 0 Å². The molecule has 22 heavy (non-hydrogen) atoms. The smallest absolute Gasteiger partial charge is 0.415 e. The molecule has 7 heteroatoms. The zero-order valence-corrected chi connectivity index (χ0v) is 13.2. The van der Waals surface area contributed by atoms with E-state index in [1.165, 1.54) is 11.1 Å². The van der Waals surface area contributed by atoms with Gasteiger partial charge in [0.2, 0.25) is 0 Å². The minimum Gasteiger partial charge on any atom is -0.462 e. The van der Waals surface area contributed by atoms with Gasteiger partial charge in [0.15, 0.2) is 0 Å². The zero-order chi connectivity index (χ0) is 16.3. The predicted octanol–water partition coefficient (Wildman–Crippen LogP) is 1.63. The number of esters is 1. The van der Waals surface area contributed by atoms with Crippen molar-refractivity contribution in [2.75, 3.05) is 13.2 Å². The van der Waals surface area contributed by atoms with Crippen LogP contribution in [-0.2, 0) is 19.1 Å². The van der Waals surface area contributed by atoms with Gasteiger partial charge in [-0.3, -0.25) is 9.69 Å². The molecule has 0 spiro atoms. The Balaban J connectivity index is 2.38. The van der Waals surface area contributed by atoms with Crippen LogP contribution < -0.4 is 0 Å². The van der Waals surface area contributed by atoms with Gasteiger partial charge in [-0.05, 0) is 40.0 Å². The number of amides is 2. The third-order valence-electron chi connectivity index (χ3n) is 3.91. The lowest BCUT2D eigenvalue weighted by molar-refractivity contribution is -0.148. The van der Waals surface area contributed by atoms with Gasteiger partial charge in [-0.15, -0.1) is 0 Å². The molecule has 1 saturated heterocycles. The molecule has 0 radical (unpaired) electrons. The second-order valence-electron chi connectivity index (χ2n) is 5.34. The largest absolute Gasteiger partial charge is 0.462 e. The summed E-state index contributed by atoms with van der Waals surface area (Å²) in [5, 5.41) is 0. The Morgan fingerprint density at radius 3 is 2.55 bits per heavy atom. The SMILES string of the molecule is CCOC(=O)C1=CN(C(=O)OCC)C2CCCC(C)N2C1=O. The van der Waals surface area contributed by atoms with E-state index in [1.54, 1.807) is 18.7 Å². The van der Waals surface area contributed by atoms with Crippen molar-refractivity contribution in [1.82, 2.24) is 9.80 Å². The highest BCUT2D eigenvalue weighted by Gasteiger charge is 2.44. The van der Waals surface area contributed by atoms with Crippen molar-refractivity contribution in [2.24, 2.45) is 0 Å². The van der Waals surface area contributed by atoms with Crippen LogP contribution in [0.3, 0.4) is 0 Å². The molecule has 2 aliphatic rings. The van der Waals surface area contributed by atoms with Crippen LogP contribution in [0.4, 0.5) is 4.79 Å². The second-order valence-corrected chi connectivity index (χ2v) is 5.34. The molecular formula is C15H22N2O5. The predicted molar refractivity (Wildman–Crippen MR) is 77.5 cm³/mol. The molecular weight excluding hydrogens is 288 g/mol. The number of rotatable bonds is 3. The third kappa shape index (κ3) is 2.93. The van der Waals surface area contributed by atoms with Gasteiger partial charge in [0, 0.05) is 12.2 Å². The van der Waals surface area contributed by atoms with Crippen molar-refractivity contribution in [3.05, 3.63) is 11.8 Å². The summed E-state index contributed by atoms with van der Waals surface area (Å²) in [6.45, 7) is 5.70. The topological polar surface area (TPSA) is 76.2 Å². The first kappa shape index (κ1) is 16.3. The van der Waals surface area contributed by atoms with E-state index in [2.05, 4.69) is 0 Å². The van der Waals surface area contributed by atoms with Crippen LogP contribution in [0.25, 0.3) is 0 Å². The Morgan fingerprint density at radius 1 is 1.23 bits per heavy atom. The molecule has 2 unspecified atom stereocenters. The Kier molecular flexibility index (Phi) is 5.05. The first-order chi connectivity index (χ1) is 10.5. The molecule has 0 bridgehead atoms. The van der Waals surface area contributed by atoms with E-state index in [4.69, 9.17) is 9.47 Å². The van der Waals surface area contributed by atoms with E-state index in [-0.39, 0.29) is 30.7 Å². The second kappa shape index (κ2) is 6.81. The van der Waals surface area contributed by atoms with Crippen LogP contribution in [0.15, 0.2) is 11.8 Å². The quantitative estimate of drug-likeness (QED) is 0.585. The van der Waals surface area contributed by atoms with Crippen LogP contribution in [-0.4, -0.2) is 53.2 Å². The lowest BCUT2D eigenvalue weighted by Crippen LogP contribution is -2.60. The van der Waals surface area contributed by atoms with Gasteiger partial charge in [-0.1, -0.05) is 0 Å². The first-order valence-corrected chi connectivity index (χ1v) is 7.67. The van der Waals surface area contributed by atoms with Crippen molar-refractivity contribution in [3.8, 4) is 0 Å². The number of carbonyl (C=O) groups excluding carboxylic acids is 3. The monoisotopic (exact) mass is 310 g/mol. The third-order valence-corrected chi connectivity index (χ3v) is 3.91. The lowest BCUT2D eigenvalue weighted by Gasteiger charge is -2.47. The molecule has 0 aromatic rings. The van der Waals surface area contributed by atoms with Crippen LogP contribution in [0.2, 0.25) is 0 Å². The molecule has 0 aromatic carbocycles. The number of carbonyl (C=O) groups is 3. The van der Waals surface area contributed by atoms with Crippen molar-refractivity contribution < 1.29 is 23.9 Å². The number of fused-ring (bicyclic) bond motifs is 1. The summed E-state index contributed by atoms with van der Waals surface area (Å²) in [4.78, 5) is 39.7. The standard InChI is InChI=1S/C15H22N2O5/c1-4-21-14(19)11-9-16(15(20)22-5-2)12-8-6-7-10(3)17(12)13(11)18/h9-10,12H,4-8H2,1-3H3. The zero-order valence-electron chi connectivity index (χ0n) is 13.2. The highest BCUT2D eigenvalue weighted by molar-refractivity contribution is 6.17. The molecule has 0 aromatic heterocycles. The molecule has 2 aliphatic heterocycles. The van der Waals surface area contributed by atoms with Gasteiger partial charge in [0.1, 0.15) is 11.7 Å². The maximum absolute atomic E-state index is 12.6. The average molecular weight is 310 g/mol. The fraction of sp³-hybridized carbons (Fsp3) is 0.667. The summed E-state index contributed by atoms with van der Waals surface area (Å²) < 4.78 is 9.96. The van der Waals surface area contributed by atoms with Gasteiger partial charge in [0.25, 0.3) is 5.91 Å². The summed E-state index contributed by atoms with van der Waals surface area (Å²) in [7, 11) is 0. The highest BCUT2D eigenvalue weighted by Crippen LogP contribution is 2.31. The maximum atomic E-state index is 12.6. The van der Waals surface area contributed by atoms with Crippen molar-refractivity contribution in [1.29, 1.82) is 0 Å². The fourth-order valence-electron chi connectivity index (χ4n) is 2.92. The first-order valence-electron chi connectivity index (χ1n) is 7.67. The molecule has 7 nitrogen and oxygen atoms in total. The van der Waals surface area contributed by atoms with E-state index < -0.39 is 18.2 Å². The molecule has 2 rings (SSSR count). The molecule has 0 aliphatic carbocycles. The number of nitrogens with zero attached hydrogens (tertiary/aromatic N) is 2. The molecule has 2 amide bonds. The minimum absolute atomic E-state index is 0.0405. The molecule has 0 N–H and O–H groups in total. The van der Waals surface area contributed by atoms with Gasteiger partial charge in [-0.25, -0.2) is 9.59 Å². The van der Waals surface area contributed by atoms with Gasteiger partial charge in [-0.2, -0.15) is 0 Å². The Labute approximate surface area is 129 Å². The minimum atomic E-state index is -0.710. The number of hydrogen-bond acceptors (Lipinski definition) is 5. The summed E-state index contributed by atoms with van der Waals surface area (Å²) >= 11 is 0. The fourth-order valence-corrected chi connectivity index (χ4v) is 2.92. The maximum Gasteiger partial charge on any atom is 0.415 e. The van der Waals surface area contributed by atoms with E-state index in [0.717, 1.165) is 12.8 Å². The van der Waals surface area contributed by atoms with Crippen molar-refractivity contribution in [2.45, 2.75) is 52.2 Å². The van der Waals surface area contributed by atoms with Gasteiger partial charge in [0.05, 0.1) is 13.2 Å². The molecule has 122 valence electrons. The summed E-state index contributed by atoms with van der Waals surface area (Å²) in [5.74, 6) is -1.09. The van der Waals surface area contributed by atoms with Crippen molar-refractivity contribution >= 4 is 18.0 Å². The molecule has 2 heterocycles. The number of hydrogen-bond donors (Lipinski definition) is 0. The highest BCUT2D eigenvalue weighted by atomic mass is 16.6. The van der Waals surface area contributed by atoms with Gasteiger partial charge < -0.3 is 14.4 Å². The average Bonchev–Trinajstić information content (AvgIpc) is 2.48. The van der Waals surface area contributed by atoms with Crippen LogP contribution >= 0.6 is 0 Å². The normalized spacial score (nSPS) is 24.5. The summed E-state index contributed by atoms with van der Waals surface area (Å²) in [6.07, 6.45) is 2.75. The van der Waals surface area contributed by atoms with E-state index >= 15 is 0 Å². The number of ether oxygens (including phenoxy) is 2. The molecule has 1 fully saturated rings. The lowest BCUT2D eigenvalue weighted by atomic mass is 9.97. The van der Waals surface area contributed by atoms with Gasteiger partial charge >= 0.3 is 12.1 Å². The van der Waals surface area contributed by atoms with E-state index in [1.807, 2.05) is 6.92 Å². The molecule has 2 atom stereocenters. The molecule has 0 saturated carbocycles. The Hall–Kier alpha value is -2.05. The Bertz CT molecular complexity index is 502. The van der Waals surface area contributed by atoms with Crippen LogP contribution in [0.5, 0.6) is 0 Å². The summed E-state index contributed by atoms with van der Waals surface area (Å²) in [6, 6.07) is -0.0405. The number of piperidine rings is 1. The summed E-state index contributed by atoms with van der Waals surface area (Å²) in [5.41, 5.74) is -0.125. The van der Waals surface area contributed by atoms with Crippen molar-refractivity contribution in [3.63, 3.8) is 0 Å². The van der Waals surface area contributed by atoms with E-state index in [9.17, 15) is 14.4 Å². The van der Waals surface area contributed by atoms with E-state index in [0.29, 0.717) is 6.42 Å².